The van der Waals surface area contributed by atoms with Gasteiger partial charge in [-0.15, -0.1) is 0 Å². The zero-order valence-corrected chi connectivity index (χ0v) is 15.1. The maximum absolute atomic E-state index is 12.8. The number of hydrogen-bond donors (Lipinski definition) is 0. The summed E-state index contributed by atoms with van der Waals surface area (Å²) in [5.74, 6) is 1.02. The summed E-state index contributed by atoms with van der Waals surface area (Å²) in [7, 11) is 0. The zero-order chi connectivity index (χ0) is 17.9. The average Bonchev–Trinajstić information content (AvgIpc) is 3.06. The second-order valence-electron chi connectivity index (χ2n) is 7.08. The van der Waals surface area contributed by atoms with Crippen LogP contribution in [0.4, 0.5) is 0 Å². The molecule has 1 aromatic carbocycles. The lowest BCUT2D eigenvalue weighted by Crippen LogP contribution is -2.40. The van der Waals surface area contributed by atoms with E-state index >= 15 is 0 Å². The number of rotatable bonds is 4. The standard InChI is InChI=1S/C21H24N2O3/c1-15-12-17-13-16(5-6-20(17)26-15)21(24)23-10-7-19(8-11-23)25-14-18-4-2-3-9-22-18/h2-6,9,13,15,19H,7-8,10-12,14H2,1H3. The van der Waals surface area contributed by atoms with E-state index in [4.69, 9.17) is 9.47 Å². The highest BCUT2D eigenvalue weighted by molar-refractivity contribution is 5.94. The van der Waals surface area contributed by atoms with Crippen LogP contribution in [0.1, 0.15) is 41.4 Å². The van der Waals surface area contributed by atoms with E-state index in [1.54, 1.807) is 6.20 Å². The van der Waals surface area contributed by atoms with Crippen LogP contribution in [0.25, 0.3) is 0 Å². The Morgan fingerprint density at radius 2 is 2.12 bits per heavy atom. The number of hydrogen-bond acceptors (Lipinski definition) is 4. The maximum atomic E-state index is 12.8. The fourth-order valence-corrected chi connectivity index (χ4v) is 3.65. The molecule has 2 aliphatic rings. The molecular formula is C21H24N2O3. The van der Waals surface area contributed by atoms with Crippen LogP contribution in [-0.2, 0) is 17.8 Å². The van der Waals surface area contributed by atoms with Crippen molar-refractivity contribution in [2.75, 3.05) is 13.1 Å². The van der Waals surface area contributed by atoms with Gasteiger partial charge in [-0.05, 0) is 55.7 Å². The summed E-state index contributed by atoms with van der Waals surface area (Å²) in [5.41, 5.74) is 2.84. The number of fused-ring (bicyclic) bond motifs is 1. The molecule has 1 unspecified atom stereocenters. The number of carbonyl (C=O) groups is 1. The summed E-state index contributed by atoms with van der Waals surface area (Å²) in [6, 6.07) is 11.6. The highest BCUT2D eigenvalue weighted by atomic mass is 16.5. The molecule has 1 fully saturated rings. The van der Waals surface area contributed by atoms with Gasteiger partial charge in [-0.25, -0.2) is 0 Å². The predicted molar refractivity (Wildman–Crippen MR) is 98.2 cm³/mol. The summed E-state index contributed by atoms with van der Waals surface area (Å²) in [5, 5.41) is 0. The lowest BCUT2D eigenvalue weighted by atomic mass is 10.0. The first-order chi connectivity index (χ1) is 12.7. The molecule has 4 rings (SSSR count). The first kappa shape index (κ1) is 17.0. The van der Waals surface area contributed by atoms with Gasteiger partial charge in [0.2, 0.25) is 0 Å². The Labute approximate surface area is 153 Å². The second kappa shape index (κ2) is 7.46. The number of ether oxygens (including phenoxy) is 2. The monoisotopic (exact) mass is 352 g/mol. The van der Waals surface area contributed by atoms with Crippen LogP contribution >= 0.6 is 0 Å². The number of nitrogens with zero attached hydrogens (tertiary/aromatic N) is 2. The molecule has 26 heavy (non-hydrogen) atoms. The van der Waals surface area contributed by atoms with Gasteiger partial charge in [0.15, 0.2) is 0 Å². The maximum Gasteiger partial charge on any atom is 0.253 e. The lowest BCUT2D eigenvalue weighted by molar-refractivity contribution is -0.00161. The van der Waals surface area contributed by atoms with Crippen molar-refractivity contribution in [2.24, 2.45) is 0 Å². The summed E-state index contributed by atoms with van der Waals surface area (Å²) in [6.07, 6.45) is 4.77. The van der Waals surface area contributed by atoms with E-state index < -0.39 is 0 Å². The first-order valence-corrected chi connectivity index (χ1v) is 9.29. The van der Waals surface area contributed by atoms with Gasteiger partial charge in [-0.1, -0.05) is 6.07 Å². The molecule has 3 heterocycles. The van der Waals surface area contributed by atoms with Crippen molar-refractivity contribution in [2.45, 2.75) is 45.0 Å². The fraction of sp³-hybridized carbons (Fsp3) is 0.429. The minimum absolute atomic E-state index is 0.107. The normalized spacial score (nSPS) is 19.9. The molecule has 0 bridgehead atoms. The van der Waals surface area contributed by atoms with Crippen molar-refractivity contribution in [3.8, 4) is 5.75 Å². The summed E-state index contributed by atoms with van der Waals surface area (Å²) in [6.45, 7) is 4.05. The van der Waals surface area contributed by atoms with E-state index in [1.807, 2.05) is 41.3 Å². The molecule has 2 aliphatic heterocycles. The van der Waals surface area contributed by atoms with E-state index in [9.17, 15) is 4.79 Å². The van der Waals surface area contributed by atoms with E-state index in [2.05, 4.69) is 11.9 Å². The Morgan fingerprint density at radius 3 is 2.88 bits per heavy atom. The van der Waals surface area contributed by atoms with E-state index in [0.29, 0.717) is 6.61 Å². The number of pyridine rings is 1. The van der Waals surface area contributed by atoms with Crippen LogP contribution in [0.2, 0.25) is 0 Å². The third-order valence-corrected chi connectivity index (χ3v) is 5.07. The van der Waals surface area contributed by atoms with Crippen molar-refractivity contribution in [1.82, 2.24) is 9.88 Å². The lowest BCUT2D eigenvalue weighted by Gasteiger charge is -2.32. The molecule has 5 nitrogen and oxygen atoms in total. The highest BCUT2D eigenvalue weighted by Crippen LogP contribution is 2.30. The minimum Gasteiger partial charge on any atom is -0.490 e. The SMILES string of the molecule is CC1Cc2cc(C(=O)N3CCC(OCc4ccccn4)CC3)ccc2O1. The van der Waals surface area contributed by atoms with Gasteiger partial charge < -0.3 is 14.4 Å². The molecular weight excluding hydrogens is 328 g/mol. The molecule has 0 radical (unpaired) electrons. The van der Waals surface area contributed by atoms with Gasteiger partial charge in [0.1, 0.15) is 11.9 Å². The van der Waals surface area contributed by atoms with Crippen molar-refractivity contribution >= 4 is 5.91 Å². The highest BCUT2D eigenvalue weighted by Gasteiger charge is 2.26. The summed E-state index contributed by atoms with van der Waals surface area (Å²) >= 11 is 0. The average molecular weight is 352 g/mol. The number of aromatic nitrogens is 1. The van der Waals surface area contributed by atoms with Crippen LogP contribution in [0.5, 0.6) is 5.75 Å². The third kappa shape index (κ3) is 3.73. The van der Waals surface area contributed by atoms with Crippen LogP contribution in [-0.4, -0.2) is 41.1 Å². The first-order valence-electron chi connectivity index (χ1n) is 9.29. The number of carbonyl (C=O) groups excluding carboxylic acids is 1. The number of piperidine rings is 1. The Hall–Kier alpha value is -2.40. The van der Waals surface area contributed by atoms with Crippen LogP contribution in [0.3, 0.4) is 0 Å². The molecule has 1 saturated heterocycles. The van der Waals surface area contributed by atoms with Gasteiger partial charge in [0.25, 0.3) is 5.91 Å². The van der Waals surface area contributed by atoms with Crippen molar-refractivity contribution in [3.05, 3.63) is 59.4 Å². The smallest absolute Gasteiger partial charge is 0.253 e. The zero-order valence-electron chi connectivity index (χ0n) is 15.1. The van der Waals surface area contributed by atoms with Gasteiger partial charge in [-0.3, -0.25) is 9.78 Å². The Balaban J connectivity index is 1.30. The molecule has 1 amide bonds. The summed E-state index contributed by atoms with van der Waals surface area (Å²) in [4.78, 5) is 19.0. The van der Waals surface area contributed by atoms with Gasteiger partial charge in [-0.2, -0.15) is 0 Å². The molecule has 5 heteroatoms. The quantitative estimate of drug-likeness (QED) is 0.848. The summed E-state index contributed by atoms with van der Waals surface area (Å²) < 4.78 is 11.7. The fourth-order valence-electron chi connectivity index (χ4n) is 3.65. The van der Waals surface area contributed by atoms with Crippen LogP contribution < -0.4 is 4.74 Å². The van der Waals surface area contributed by atoms with E-state index in [0.717, 1.165) is 54.9 Å². The molecule has 1 atom stereocenters. The Kier molecular flexibility index (Phi) is 4.89. The van der Waals surface area contributed by atoms with Crippen molar-refractivity contribution < 1.29 is 14.3 Å². The largest absolute Gasteiger partial charge is 0.490 e. The molecule has 0 aliphatic carbocycles. The van der Waals surface area contributed by atoms with Crippen LogP contribution in [0.15, 0.2) is 42.6 Å². The predicted octanol–water partition coefficient (Wildman–Crippen LogP) is 3.23. The van der Waals surface area contributed by atoms with Gasteiger partial charge in [0, 0.05) is 31.3 Å². The number of amides is 1. The number of benzene rings is 1. The third-order valence-electron chi connectivity index (χ3n) is 5.07. The van der Waals surface area contributed by atoms with Gasteiger partial charge in [0.05, 0.1) is 18.4 Å². The van der Waals surface area contributed by atoms with E-state index in [-0.39, 0.29) is 18.1 Å². The van der Waals surface area contributed by atoms with Gasteiger partial charge >= 0.3 is 0 Å². The molecule has 0 N–H and O–H groups in total. The van der Waals surface area contributed by atoms with Crippen molar-refractivity contribution in [1.29, 1.82) is 0 Å². The van der Waals surface area contributed by atoms with Crippen molar-refractivity contribution in [3.63, 3.8) is 0 Å². The molecule has 1 aromatic heterocycles. The molecule has 136 valence electrons. The Morgan fingerprint density at radius 1 is 1.27 bits per heavy atom. The minimum atomic E-state index is 0.107. The molecule has 2 aromatic rings. The topological polar surface area (TPSA) is 51.7 Å². The second-order valence-corrected chi connectivity index (χ2v) is 7.08. The van der Waals surface area contributed by atoms with Crippen LogP contribution in [0, 0.1) is 0 Å². The Bertz CT molecular complexity index is 770. The number of likely N-dealkylation sites (tertiary alicyclic amines) is 1. The molecule has 0 saturated carbocycles. The van der Waals surface area contributed by atoms with E-state index in [1.165, 1.54) is 0 Å². The molecule has 0 spiro atoms.